The van der Waals surface area contributed by atoms with Gasteiger partial charge in [0, 0.05) is 13.0 Å². The van der Waals surface area contributed by atoms with E-state index in [2.05, 4.69) is 6.92 Å². The smallest absolute Gasteiger partial charge is 0.178 e. The molecule has 1 aliphatic heterocycles. The van der Waals surface area contributed by atoms with Crippen LogP contribution >= 0.6 is 0 Å². The SMILES string of the molecule is CCCCCCCCCCCCCCCCS(=O)(=O)c1ccc(C=Cc2cccc(OCCCOC3CCCCO3)c2)cc1. The zero-order valence-electron chi connectivity index (χ0n) is 27.4. The molecule has 0 amide bonds. The summed E-state index contributed by atoms with van der Waals surface area (Å²) in [6, 6.07) is 15.2. The van der Waals surface area contributed by atoms with Crippen molar-refractivity contribution in [2.45, 2.75) is 134 Å². The second-order valence-corrected chi connectivity index (χ2v) is 14.4. The molecule has 44 heavy (non-hydrogen) atoms. The van der Waals surface area contributed by atoms with Crippen LogP contribution in [0.2, 0.25) is 0 Å². The summed E-state index contributed by atoms with van der Waals surface area (Å²) in [5.41, 5.74) is 2.00. The molecule has 2 aromatic carbocycles. The first kappa shape index (κ1) is 36.3. The Morgan fingerprint density at radius 3 is 2.00 bits per heavy atom. The maximum Gasteiger partial charge on any atom is 0.178 e. The molecular formula is C38H58O5S. The Bertz CT molecular complexity index is 1140. The highest BCUT2D eigenvalue weighted by molar-refractivity contribution is 7.91. The maximum atomic E-state index is 12.8. The lowest BCUT2D eigenvalue weighted by Crippen LogP contribution is -2.23. The Balaban J connectivity index is 1.27. The fraction of sp³-hybridized carbons (Fsp3) is 0.632. The van der Waals surface area contributed by atoms with Gasteiger partial charge in [-0.05, 0) is 61.1 Å². The van der Waals surface area contributed by atoms with Crippen LogP contribution in [0.5, 0.6) is 5.75 Å². The van der Waals surface area contributed by atoms with Gasteiger partial charge in [-0.15, -0.1) is 0 Å². The quantitative estimate of drug-likeness (QED) is 0.0857. The summed E-state index contributed by atoms with van der Waals surface area (Å²) in [6.07, 6.45) is 25.7. The molecule has 0 aliphatic carbocycles. The largest absolute Gasteiger partial charge is 0.493 e. The standard InChI is InChI=1S/C38H58O5S/c1-2-3-4-5-6-7-8-9-10-11-12-13-14-17-32-44(39,40)37-27-25-34(26-28-37)23-24-35-20-18-21-36(33-35)41-30-19-31-43-38-22-15-16-29-42-38/h18,20-21,23-28,33,38H,2-17,19,22,29-32H2,1H3. The van der Waals surface area contributed by atoms with Crippen molar-refractivity contribution in [1.82, 2.24) is 0 Å². The van der Waals surface area contributed by atoms with E-state index >= 15 is 0 Å². The molecule has 0 saturated carbocycles. The molecule has 1 atom stereocenters. The number of rotatable bonds is 24. The minimum Gasteiger partial charge on any atom is -0.493 e. The molecule has 2 aromatic rings. The van der Waals surface area contributed by atoms with Gasteiger partial charge in [-0.2, -0.15) is 0 Å². The van der Waals surface area contributed by atoms with E-state index in [0.29, 0.717) is 18.1 Å². The molecule has 246 valence electrons. The molecule has 1 saturated heterocycles. The summed E-state index contributed by atoms with van der Waals surface area (Å²) < 4.78 is 43.0. The second-order valence-electron chi connectivity index (χ2n) is 12.3. The molecule has 0 spiro atoms. The Hall–Kier alpha value is -2.15. The number of ether oxygens (including phenoxy) is 3. The van der Waals surface area contributed by atoms with Crippen LogP contribution in [0, 0.1) is 0 Å². The molecule has 3 rings (SSSR count). The van der Waals surface area contributed by atoms with Gasteiger partial charge in [-0.25, -0.2) is 8.42 Å². The van der Waals surface area contributed by atoms with Crippen LogP contribution in [0.3, 0.4) is 0 Å². The maximum absolute atomic E-state index is 12.8. The Morgan fingerprint density at radius 2 is 1.36 bits per heavy atom. The predicted octanol–water partition coefficient (Wildman–Crippen LogP) is 10.4. The van der Waals surface area contributed by atoms with Crippen LogP contribution < -0.4 is 4.74 Å². The number of hydrogen-bond acceptors (Lipinski definition) is 5. The Morgan fingerprint density at radius 1 is 0.727 bits per heavy atom. The average Bonchev–Trinajstić information content (AvgIpc) is 3.04. The first-order valence-electron chi connectivity index (χ1n) is 17.5. The van der Waals surface area contributed by atoms with Gasteiger partial charge in [-0.1, -0.05) is 127 Å². The third-order valence-corrected chi connectivity index (χ3v) is 10.1. The van der Waals surface area contributed by atoms with Crippen LogP contribution in [0.25, 0.3) is 12.2 Å². The van der Waals surface area contributed by atoms with Gasteiger partial charge < -0.3 is 14.2 Å². The Kier molecular flexibility index (Phi) is 18.5. The van der Waals surface area contributed by atoms with Crippen LogP contribution in [0.15, 0.2) is 53.4 Å². The van der Waals surface area contributed by atoms with Crippen LogP contribution in [0.1, 0.15) is 134 Å². The van der Waals surface area contributed by atoms with Crippen molar-refractivity contribution < 1.29 is 22.6 Å². The van der Waals surface area contributed by atoms with E-state index in [-0.39, 0.29) is 12.0 Å². The summed E-state index contributed by atoms with van der Waals surface area (Å²) in [5, 5.41) is 0. The summed E-state index contributed by atoms with van der Waals surface area (Å²) in [4.78, 5) is 0.416. The van der Waals surface area contributed by atoms with E-state index in [1.807, 2.05) is 48.6 Å². The molecule has 0 radical (unpaired) electrons. The van der Waals surface area contributed by atoms with Gasteiger partial charge in [0.25, 0.3) is 0 Å². The van der Waals surface area contributed by atoms with Gasteiger partial charge in [0.1, 0.15) is 5.75 Å². The predicted molar refractivity (Wildman–Crippen MR) is 184 cm³/mol. The third kappa shape index (κ3) is 15.7. The minimum absolute atomic E-state index is 0.0553. The zero-order valence-corrected chi connectivity index (χ0v) is 28.2. The van der Waals surface area contributed by atoms with Crippen LogP contribution in [-0.2, 0) is 19.3 Å². The number of benzene rings is 2. The van der Waals surface area contributed by atoms with E-state index in [4.69, 9.17) is 14.2 Å². The summed E-state index contributed by atoms with van der Waals surface area (Å²) in [5.74, 6) is 1.05. The van der Waals surface area contributed by atoms with E-state index < -0.39 is 9.84 Å². The number of hydrogen-bond donors (Lipinski definition) is 0. The van der Waals surface area contributed by atoms with Gasteiger partial charge in [0.05, 0.1) is 23.9 Å². The Labute approximate surface area is 268 Å². The normalized spacial score (nSPS) is 15.6. The highest BCUT2D eigenvalue weighted by Crippen LogP contribution is 2.20. The van der Waals surface area contributed by atoms with Crippen molar-refractivity contribution >= 4 is 22.0 Å². The highest BCUT2D eigenvalue weighted by Gasteiger charge is 2.14. The molecule has 6 heteroatoms. The van der Waals surface area contributed by atoms with Crippen molar-refractivity contribution in [3.63, 3.8) is 0 Å². The molecule has 5 nitrogen and oxygen atoms in total. The fourth-order valence-corrected chi connectivity index (χ4v) is 6.97. The van der Waals surface area contributed by atoms with Crippen molar-refractivity contribution in [2.24, 2.45) is 0 Å². The minimum atomic E-state index is -3.24. The van der Waals surface area contributed by atoms with E-state index in [1.54, 1.807) is 12.1 Å². The summed E-state index contributed by atoms with van der Waals surface area (Å²) in [6.45, 7) is 4.29. The van der Waals surface area contributed by atoms with E-state index in [9.17, 15) is 8.42 Å². The van der Waals surface area contributed by atoms with Crippen molar-refractivity contribution in [1.29, 1.82) is 0 Å². The molecule has 1 aliphatic rings. The first-order valence-corrected chi connectivity index (χ1v) is 19.2. The zero-order chi connectivity index (χ0) is 31.1. The topological polar surface area (TPSA) is 61.8 Å². The molecule has 0 bridgehead atoms. The molecule has 0 N–H and O–H groups in total. The van der Waals surface area contributed by atoms with Crippen LogP contribution in [0.4, 0.5) is 0 Å². The summed E-state index contributed by atoms with van der Waals surface area (Å²) >= 11 is 0. The van der Waals surface area contributed by atoms with Crippen LogP contribution in [-0.4, -0.2) is 40.3 Å². The van der Waals surface area contributed by atoms with Gasteiger partial charge in [0.15, 0.2) is 16.1 Å². The first-order chi connectivity index (χ1) is 21.6. The highest BCUT2D eigenvalue weighted by atomic mass is 32.2. The fourth-order valence-electron chi connectivity index (χ4n) is 5.60. The second kappa shape index (κ2) is 22.4. The monoisotopic (exact) mass is 626 g/mol. The molecule has 1 fully saturated rings. The van der Waals surface area contributed by atoms with Crippen molar-refractivity contribution in [2.75, 3.05) is 25.6 Å². The van der Waals surface area contributed by atoms with E-state index in [0.717, 1.165) is 62.0 Å². The molecule has 1 heterocycles. The summed E-state index contributed by atoms with van der Waals surface area (Å²) in [7, 11) is -3.24. The van der Waals surface area contributed by atoms with Gasteiger partial charge in [-0.3, -0.25) is 0 Å². The molecule has 1 unspecified atom stereocenters. The van der Waals surface area contributed by atoms with Crippen molar-refractivity contribution in [3.05, 3.63) is 59.7 Å². The number of unbranched alkanes of at least 4 members (excludes halogenated alkanes) is 13. The van der Waals surface area contributed by atoms with E-state index in [1.165, 1.54) is 77.0 Å². The van der Waals surface area contributed by atoms with Gasteiger partial charge in [0.2, 0.25) is 0 Å². The molecular weight excluding hydrogens is 568 g/mol. The average molecular weight is 627 g/mol. The lowest BCUT2D eigenvalue weighted by molar-refractivity contribution is -0.163. The van der Waals surface area contributed by atoms with Crippen molar-refractivity contribution in [3.8, 4) is 5.75 Å². The lowest BCUT2D eigenvalue weighted by Gasteiger charge is -2.22. The number of sulfone groups is 1. The van der Waals surface area contributed by atoms with Gasteiger partial charge >= 0.3 is 0 Å². The third-order valence-electron chi connectivity index (χ3n) is 8.33. The molecule has 0 aromatic heterocycles. The lowest BCUT2D eigenvalue weighted by atomic mass is 10.0.